The maximum Gasteiger partial charge on any atom is 0.306 e. The largest absolute Gasteiger partial charge is 0.481 e. The van der Waals surface area contributed by atoms with Crippen LogP contribution in [0.2, 0.25) is 0 Å². The summed E-state index contributed by atoms with van der Waals surface area (Å²) in [4.78, 5) is 10.5. The summed E-state index contributed by atoms with van der Waals surface area (Å²) in [5.41, 5.74) is 0.921. The van der Waals surface area contributed by atoms with Crippen LogP contribution in [0.1, 0.15) is 24.5 Å². The summed E-state index contributed by atoms with van der Waals surface area (Å²) < 4.78 is 0. The highest BCUT2D eigenvalue weighted by atomic mass is 16.4. The molecule has 1 atom stereocenters. The standard InChI is InChI=1S/C12H16O3/c1-9-3-5-10(6-4-9)7-12(2,15)8-11(13)14/h3-6,15H,7-8H2,1-2H3,(H,13,14). The number of aliphatic hydroxyl groups is 1. The highest BCUT2D eigenvalue weighted by Crippen LogP contribution is 2.17. The molecule has 0 bridgehead atoms. The number of hydrogen-bond donors (Lipinski definition) is 2. The molecular formula is C12H16O3. The Morgan fingerprint density at radius 2 is 1.87 bits per heavy atom. The van der Waals surface area contributed by atoms with E-state index in [2.05, 4.69) is 0 Å². The van der Waals surface area contributed by atoms with Gasteiger partial charge in [0.25, 0.3) is 0 Å². The third-order valence-electron chi connectivity index (χ3n) is 2.24. The Bertz CT molecular complexity index is 338. The monoisotopic (exact) mass is 208 g/mol. The lowest BCUT2D eigenvalue weighted by atomic mass is 9.93. The number of aliphatic carboxylic acids is 1. The molecule has 1 aromatic rings. The van der Waals surface area contributed by atoms with E-state index in [-0.39, 0.29) is 6.42 Å². The molecule has 0 fully saturated rings. The minimum Gasteiger partial charge on any atom is -0.481 e. The van der Waals surface area contributed by atoms with Crippen LogP contribution in [-0.4, -0.2) is 21.8 Å². The number of carboxylic acids is 1. The van der Waals surface area contributed by atoms with Gasteiger partial charge in [0.05, 0.1) is 12.0 Å². The maximum atomic E-state index is 10.5. The second-order valence-electron chi connectivity index (χ2n) is 4.23. The SMILES string of the molecule is Cc1ccc(CC(C)(O)CC(=O)O)cc1. The van der Waals surface area contributed by atoms with Gasteiger partial charge in [0.1, 0.15) is 0 Å². The second-order valence-corrected chi connectivity index (χ2v) is 4.23. The smallest absolute Gasteiger partial charge is 0.306 e. The van der Waals surface area contributed by atoms with Crippen molar-refractivity contribution in [3.63, 3.8) is 0 Å². The van der Waals surface area contributed by atoms with Gasteiger partial charge < -0.3 is 10.2 Å². The lowest BCUT2D eigenvalue weighted by molar-refractivity contribution is -0.141. The Kier molecular flexibility index (Phi) is 3.48. The summed E-state index contributed by atoms with van der Waals surface area (Å²) in [6.07, 6.45) is 0.125. The van der Waals surface area contributed by atoms with Gasteiger partial charge >= 0.3 is 5.97 Å². The van der Waals surface area contributed by atoms with Crippen molar-refractivity contribution in [3.05, 3.63) is 35.4 Å². The van der Waals surface area contributed by atoms with Crippen molar-refractivity contribution in [3.8, 4) is 0 Å². The normalized spacial score (nSPS) is 14.6. The molecule has 0 saturated carbocycles. The van der Waals surface area contributed by atoms with Crippen molar-refractivity contribution < 1.29 is 15.0 Å². The number of aryl methyl sites for hydroxylation is 1. The van der Waals surface area contributed by atoms with Crippen molar-refractivity contribution in [2.75, 3.05) is 0 Å². The van der Waals surface area contributed by atoms with Crippen LogP contribution in [0.15, 0.2) is 24.3 Å². The molecule has 0 aliphatic carbocycles. The first-order chi connectivity index (χ1) is 6.89. The third-order valence-corrected chi connectivity index (χ3v) is 2.24. The molecule has 3 heteroatoms. The van der Waals surface area contributed by atoms with Gasteiger partial charge in [0.15, 0.2) is 0 Å². The number of rotatable bonds is 4. The minimum absolute atomic E-state index is 0.235. The zero-order valence-electron chi connectivity index (χ0n) is 9.03. The van der Waals surface area contributed by atoms with E-state index in [0.29, 0.717) is 6.42 Å². The van der Waals surface area contributed by atoms with Crippen molar-refractivity contribution in [1.29, 1.82) is 0 Å². The molecule has 15 heavy (non-hydrogen) atoms. The molecule has 0 aliphatic heterocycles. The second kappa shape index (κ2) is 4.45. The molecule has 0 aromatic heterocycles. The molecule has 0 aliphatic rings. The van der Waals surface area contributed by atoms with Gasteiger partial charge in [-0.1, -0.05) is 29.8 Å². The fourth-order valence-electron chi connectivity index (χ4n) is 1.53. The first-order valence-corrected chi connectivity index (χ1v) is 4.89. The van der Waals surface area contributed by atoms with Crippen molar-refractivity contribution in [2.24, 2.45) is 0 Å². The molecule has 3 nitrogen and oxygen atoms in total. The van der Waals surface area contributed by atoms with Gasteiger partial charge in [-0.05, 0) is 19.4 Å². The third kappa shape index (κ3) is 4.13. The van der Waals surface area contributed by atoms with E-state index in [9.17, 15) is 9.90 Å². The maximum absolute atomic E-state index is 10.5. The fraction of sp³-hybridized carbons (Fsp3) is 0.417. The molecular weight excluding hydrogens is 192 g/mol. The van der Waals surface area contributed by atoms with E-state index in [1.807, 2.05) is 31.2 Å². The van der Waals surface area contributed by atoms with E-state index in [0.717, 1.165) is 11.1 Å². The summed E-state index contributed by atoms with van der Waals surface area (Å²) in [7, 11) is 0. The first-order valence-electron chi connectivity index (χ1n) is 4.89. The van der Waals surface area contributed by atoms with Crippen LogP contribution in [0.5, 0.6) is 0 Å². The molecule has 0 spiro atoms. The molecule has 1 rings (SSSR count). The summed E-state index contributed by atoms with van der Waals surface area (Å²) in [5, 5.41) is 18.4. The number of hydrogen-bond acceptors (Lipinski definition) is 2. The summed E-state index contributed by atoms with van der Waals surface area (Å²) in [6, 6.07) is 7.72. The van der Waals surface area contributed by atoms with Crippen LogP contribution < -0.4 is 0 Å². The Morgan fingerprint density at radius 3 is 2.33 bits per heavy atom. The molecule has 82 valence electrons. The van der Waals surface area contributed by atoms with Gasteiger partial charge in [0.2, 0.25) is 0 Å². The molecule has 0 radical (unpaired) electrons. The number of carboxylic acid groups (broad SMARTS) is 1. The lowest BCUT2D eigenvalue weighted by Crippen LogP contribution is -2.30. The molecule has 0 amide bonds. The molecule has 2 N–H and O–H groups in total. The van der Waals surface area contributed by atoms with E-state index >= 15 is 0 Å². The van der Waals surface area contributed by atoms with Crippen molar-refractivity contribution >= 4 is 5.97 Å². The van der Waals surface area contributed by atoms with E-state index < -0.39 is 11.6 Å². The lowest BCUT2D eigenvalue weighted by Gasteiger charge is -2.21. The van der Waals surface area contributed by atoms with Crippen LogP contribution in [0.4, 0.5) is 0 Å². The molecule has 0 heterocycles. The van der Waals surface area contributed by atoms with Crippen LogP contribution in [0.3, 0.4) is 0 Å². The van der Waals surface area contributed by atoms with E-state index in [4.69, 9.17) is 5.11 Å². The Labute approximate surface area is 89.4 Å². The van der Waals surface area contributed by atoms with Crippen LogP contribution >= 0.6 is 0 Å². The minimum atomic E-state index is -1.18. The van der Waals surface area contributed by atoms with E-state index in [1.54, 1.807) is 6.92 Å². The van der Waals surface area contributed by atoms with Crippen LogP contribution in [0.25, 0.3) is 0 Å². The highest BCUT2D eigenvalue weighted by molar-refractivity contribution is 5.68. The zero-order chi connectivity index (χ0) is 11.5. The highest BCUT2D eigenvalue weighted by Gasteiger charge is 2.24. The first kappa shape index (κ1) is 11.7. The number of benzene rings is 1. The predicted octanol–water partition coefficient (Wildman–Crippen LogP) is 1.76. The zero-order valence-corrected chi connectivity index (χ0v) is 9.03. The quantitative estimate of drug-likeness (QED) is 0.792. The van der Waals surface area contributed by atoms with Crippen LogP contribution in [-0.2, 0) is 11.2 Å². The Balaban J connectivity index is 2.68. The topological polar surface area (TPSA) is 57.5 Å². The van der Waals surface area contributed by atoms with Crippen LogP contribution in [0, 0.1) is 6.92 Å². The van der Waals surface area contributed by atoms with Gasteiger partial charge in [-0.25, -0.2) is 0 Å². The molecule has 1 unspecified atom stereocenters. The van der Waals surface area contributed by atoms with Gasteiger partial charge in [-0.15, -0.1) is 0 Å². The summed E-state index contributed by atoms with van der Waals surface area (Å²) in [6.45, 7) is 3.53. The predicted molar refractivity (Wildman–Crippen MR) is 57.8 cm³/mol. The fourth-order valence-corrected chi connectivity index (χ4v) is 1.53. The van der Waals surface area contributed by atoms with Crippen molar-refractivity contribution in [1.82, 2.24) is 0 Å². The molecule has 0 saturated heterocycles. The van der Waals surface area contributed by atoms with Gasteiger partial charge in [0, 0.05) is 6.42 Å². The van der Waals surface area contributed by atoms with E-state index in [1.165, 1.54) is 0 Å². The molecule has 1 aromatic carbocycles. The Hall–Kier alpha value is -1.35. The van der Waals surface area contributed by atoms with Crippen molar-refractivity contribution in [2.45, 2.75) is 32.3 Å². The Morgan fingerprint density at radius 1 is 1.33 bits per heavy atom. The average molecular weight is 208 g/mol. The van der Waals surface area contributed by atoms with Gasteiger partial charge in [-0.3, -0.25) is 4.79 Å². The average Bonchev–Trinajstić information content (AvgIpc) is 2.06. The number of carbonyl (C=O) groups is 1. The summed E-state index contributed by atoms with van der Waals surface area (Å²) >= 11 is 0. The van der Waals surface area contributed by atoms with Gasteiger partial charge in [-0.2, -0.15) is 0 Å². The summed E-state index contributed by atoms with van der Waals surface area (Å²) in [5.74, 6) is -0.980.